The van der Waals surface area contributed by atoms with E-state index >= 15 is 0 Å². The first kappa shape index (κ1) is 29.0. The summed E-state index contributed by atoms with van der Waals surface area (Å²) >= 11 is 0. The molecule has 0 saturated heterocycles. The molecule has 8 nitrogen and oxygen atoms in total. The van der Waals surface area contributed by atoms with Crippen LogP contribution in [0.2, 0.25) is 0 Å². The largest absolute Gasteiger partial charge is 0.490 e. The van der Waals surface area contributed by atoms with Crippen LogP contribution >= 0.6 is 0 Å². The molecule has 9 heteroatoms. The van der Waals surface area contributed by atoms with Crippen molar-refractivity contribution in [3.05, 3.63) is 59.4 Å². The van der Waals surface area contributed by atoms with Gasteiger partial charge in [-0.15, -0.1) is 0 Å². The van der Waals surface area contributed by atoms with E-state index in [2.05, 4.69) is 6.92 Å². The Labute approximate surface area is 214 Å². The van der Waals surface area contributed by atoms with Crippen molar-refractivity contribution in [2.45, 2.75) is 52.9 Å². The Hall–Kier alpha value is -3.20. The van der Waals surface area contributed by atoms with Gasteiger partial charge >= 0.3 is 16.1 Å². The minimum Gasteiger partial charge on any atom is -0.490 e. The first-order chi connectivity index (χ1) is 17.3. The average Bonchev–Trinajstić information content (AvgIpc) is 2.84. The summed E-state index contributed by atoms with van der Waals surface area (Å²) in [6, 6.07) is 12.1. The van der Waals surface area contributed by atoms with E-state index in [9.17, 15) is 18.3 Å². The summed E-state index contributed by atoms with van der Waals surface area (Å²) in [5.41, 5.74) is 1.59. The lowest BCUT2D eigenvalue weighted by atomic mass is 10.1. The number of carboxylic acids is 1. The van der Waals surface area contributed by atoms with Gasteiger partial charge < -0.3 is 23.5 Å². The van der Waals surface area contributed by atoms with Crippen molar-refractivity contribution in [1.29, 1.82) is 0 Å². The third-order valence-corrected chi connectivity index (χ3v) is 6.31. The molecule has 1 N–H and O–H groups in total. The van der Waals surface area contributed by atoms with E-state index in [4.69, 9.17) is 18.4 Å². The zero-order valence-corrected chi connectivity index (χ0v) is 22.0. The summed E-state index contributed by atoms with van der Waals surface area (Å²) in [5, 5.41) is 9.31. The lowest BCUT2D eigenvalue weighted by Crippen LogP contribution is -2.13. The van der Waals surface area contributed by atoms with E-state index < -0.39 is 16.1 Å². The topological polar surface area (TPSA) is 108 Å². The third kappa shape index (κ3) is 10.2. The van der Waals surface area contributed by atoms with Crippen LogP contribution in [0.1, 0.15) is 57.6 Å². The molecule has 0 aromatic heterocycles. The van der Waals surface area contributed by atoms with E-state index in [0.717, 1.165) is 24.8 Å². The van der Waals surface area contributed by atoms with Crippen molar-refractivity contribution in [2.75, 3.05) is 25.6 Å². The lowest BCUT2D eigenvalue weighted by molar-refractivity contribution is -0.136. The Morgan fingerprint density at radius 3 is 2.25 bits per heavy atom. The van der Waals surface area contributed by atoms with Crippen molar-refractivity contribution in [2.24, 2.45) is 0 Å². The minimum absolute atomic E-state index is 0.000415. The molecule has 0 amide bonds. The van der Waals surface area contributed by atoms with Crippen LogP contribution in [0.25, 0.3) is 6.08 Å². The Bertz CT molecular complexity index is 1090. The maximum Gasteiger partial charge on any atom is 0.371 e. The molecule has 0 saturated carbocycles. The zero-order valence-electron chi connectivity index (χ0n) is 21.2. The van der Waals surface area contributed by atoms with Crippen LogP contribution in [0.5, 0.6) is 17.2 Å². The zero-order chi connectivity index (χ0) is 26.4. The van der Waals surface area contributed by atoms with Gasteiger partial charge in [-0.25, -0.2) is 4.79 Å². The first-order valence-electron chi connectivity index (χ1n) is 12.3. The summed E-state index contributed by atoms with van der Waals surface area (Å²) in [4.78, 5) is 11.4. The van der Waals surface area contributed by atoms with Crippen LogP contribution in [0, 0.1) is 0 Å². The second-order valence-electron chi connectivity index (χ2n) is 8.10. The molecular weight excluding hydrogens is 484 g/mol. The molecule has 0 spiro atoms. The highest BCUT2D eigenvalue weighted by Crippen LogP contribution is 2.30. The highest BCUT2D eigenvalue weighted by Gasteiger charge is 2.13. The van der Waals surface area contributed by atoms with Crippen LogP contribution < -0.4 is 13.7 Å². The summed E-state index contributed by atoms with van der Waals surface area (Å²) in [7, 11) is -3.58. The number of hydrogen-bond donors (Lipinski definition) is 1. The molecule has 0 heterocycles. The van der Waals surface area contributed by atoms with Crippen molar-refractivity contribution >= 4 is 22.2 Å². The molecule has 2 aromatic carbocycles. The first-order valence-corrected chi connectivity index (χ1v) is 13.8. The van der Waals surface area contributed by atoms with Gasteiger partial charge in [0.1, 0.15) is 5.75 Å². The second-order valence-corrected chi connectivity index (χ2v) is 9.79. The molecule has 198 valence electrons. The summed E-state index contributed by atoms with van der Waals surface area (Å²) in [5.74, 6) is 0.0909. The molecule has 0 bridgehead atoms. The van der Waals surface area contributed by atoms with Crippen molar-refractivity contribution in [3.63, 3.8) is 0 Å². The van der Waals surface area contributed by atoms with Crippen molar-refractivity contribution in [1.82, 2.24) is 0 Å². The van der Waals surface area contributed by atoms with Gasteiger partial charge in [0.15, 0.2) is 11.5 Å². The van der Waals surface area contributed by atoms with E-state index in [0.29, 0.717) is 48.9 Å². The van der Waals surface area contributed by atoms with Gasteiger partial charge in [0, 0.05) is 6.42 Å². The summed E-state index contributed by atoms with van der Waals surface area (Å²) in [6.45, 7) is 6.85. The fourth-order valence-electron chi connectivity index (χ4n) is 3.14. The number of carboxylic acid groups (broad SMARTS) is 1. The van der Waals surface area contributed by atoms with Gasteiger partial charge in [-0.3, -0.25) is 0 Å². The second kappa shape index (κ2) is 15.0. The molecule has 0 aliphatic heterocycles. The molecule has 0 aliphatic rings. The Morgan fingerprint density at radius 1 is 0.917 bits per heavy atom. The maximum absolute atomic E-state index is 12.0. The van der Waals surface area contributed by atoms with Gasteiger partial charge in [0.05, 0.1) is 25.6 Å². The van der Waals surface area contributed by atoms with Gasteiger partial charge in [0.25, 0.3) is 0 Å². The highest BCUT2D eigenvalue weighted by molar-refractivity contribution is 7.87. The quantitative estimate of drug-likeness (QED) is 0.127. The predicted molar refractivity (Wildman–Crippen MR) is 139 cm³/mol. The molecule has 0 fully saturated rings. The number of hydrogen-bond acceptors (Lipinski definition) is 7. The monoisotopic (exact) mass is 520 g/mol. The molecule has 36 heavy (non-hydrogen) atoms. The smallest absolute Gasteiger partial charge is 0.371 e. The number of carbonyl (C=O) groups is 1. The number of ether oxygens (including phenoxy) is 3. The predicted octanol–water partition coefficient (Wildman–Crippen LogP) is 5.46. The van der Waals surface area contributed by atoms with Gasteiger partial charge in [-0.05, 0) is 61.2 Å². The van der Waals surface area contributed by atoms with Crippen molar-refractivity contribution < 1.29 is 36.7 Å². The van der Waals surface area contributed by atoms with Crippen LogP contribution in [0.15, 0.2) is 48.2 Å². The minimum atomic E-state index is -3.58. The van der Waals surface area contributed by atoms with E-state index in [1.54, 1.807) is 37.3 Å². The van der Waals surface area contributed by atoms with E-state index in [1.807, 2.05) is 19.1 Å². The van der Waals surface area contributed by atoms with Gasteiger partial charge in [0.2, 0.25) is 5.76 Å². The summed E-state index contributed by atoms with van der Waals surface area (Å²) in [6.07, 6.45) is 5.24. The summed E-state index contributed by atoms with van der Waals surface area (Å²) < 4.78 is 46.1. The number of benzene rings is 2. The number of unbranched alkanes of at least 4 members (excludes halogenated alkanes) is 2. The number of rotatable bonds is 17. The SMILES string of the molecule is CCCCOc1cc(/C=C(\OCC)C(=O)O)ccc1OCCc1ccc(OS(=O)(=O)CCCC)cc1. The fourth-order valence-corrected chi connectivity index (χ4v) is 4.27. The fraction of sp³-hybridized carbons (Fsp3) is 0.444. The molecule has 2 rings (SSSR count). The van der Waals surface area contributed by atoms with Gasteiger partial charge in [-0.2, -0.15) is 8.42 Å². The van der Waals surface area contributed by atoms with E-state index in [-0.39, 0.29) is 18.1 Å². The molecule has 2 aromatic rings. The maximum atomic E-state index is 12.0. The van der Waals surface area contributed by atoms with Crippen LogP contribution in [0.4, 0.5) is 0 Å². The normalized spacial score (nSPS) is 11.7. The van der Waals surface area contributed by atoms with Gasteiger partial charge in [-0.1, -0.05) is 44.9 Å². The number of aliphatic carboxylic acids is 1. The Morgan fingerprint density at radius 2 is 1.61 bits per heavy atom. The Balaban J connectivity index is 2.05. The Kier molecular flexibility index (Phi) is 12.1. The molecule has 0 unspecified atom stereocenters. The van der Waals surface area contributed by atoms with Crippen LogP contribution in [-0.4, -0.2) is 45.1 Å². The highest BCUT2D eigenvalue weighted by atomic mass is 32.2. The molecular formula is C27H36O8S. The van der Waals surface area contributed by atoms with E-state index in [1.165, 1.54) is 6.08 Å². The third-order valence-electron chi connectivity index (χ3n) is 5.07. The molecule has 0 atom stereocenters. The van der Waals surface area contributed by atoms with Crippen LogP contribution in [0.3, 0.4) is 0 Å². The molecule has 0 aliphatic carbocycles. The standard InChI is InChI=1S/C27H36O8S/c1-4-7-16-33-25-19-22(20-26(27(28)29)32-6-3)11-14-24(25)34-17-15-21-9-12-23(13-10-21)35-36(30,31)18-8-5-2/h9-14,19-20H,4-8,15-18H2,1-3H3,(H,28,29)/b26-20-. The molecule has 0 radical (unpaired) electrons. The van der Waals surface area contributed by atoms with Crippen molar-refractivity contribution in [3.8, 4) is 17.2 Å². The van der Waals surface area contributed by atoms with Crippen LogP contribution in [-0.2, 0) is 26.1 Å². The lowest BCUT2D eigenvalue weighted by Gasteiger charge is -2.14. The average molecular weight is 521 g/mol.